The minimum absolute atomic E-state index is 0.555. The van der Waals surface area contributed by atoms with Crippen molar-refractivity contribution in [3.05, 3.63) is 11.9 Å². The number of nitrogens with one attached hydrogen (secondary N) is 2. The highest BCUT2D eigenvalue weighted by Crippen LogP contribution is 2.14. The third-order valence-electron chi connectivity index (χ3n) is 3.99. The summed E-state index contributed by atoms with van der Waals surface area (Å²) in [6.07, 6.45) is 4.63. The molecular weight excluding hydrogens is 262 g/mol. The maximum absolute atomic E-state index is 4.58. The Morgan fingerprint density at radius 2 is 1.81 bits per heavy atom. The lowest BCUT2D eigenvalue weighted by Crippen LogP contribution is -2.35. The van der Waals surface area contributed by atoms with Gasteiger partial charge in [-0.1, -0.05) is 13.8 Å². The Hall–Kier alpha value is -1.36. The predicted octanol–water partition coefficient (Wildman–Crippen LogP) is 2.76. The summed E-state index contributed by atoms with van der Waals surface area (Å²) < 4.78 is 0. The third kappa shape index (κ3) is 4.84. The van der Waals surface area contributed by atoms with Gasteiger partial charge in [0, 0.05) is 31.6 Å². The molecule has 2 N–H and O–H groups in total. The van der Waals surface area contributed by atoms with Crippen LogP contribution in [0.4, 0.5) is 11.6 Å². The van der Waals surface area contributed by atoms with Crippen molar-refractivity contribution < 1.29 is 0 Å². The number of aromatic nitrogens is 2. The Morgan fingerprint density at radius 1 is 1.14 bits per heavy atom. The number of anilines is 2. The first-order valence-corrected chi connectivity index (χ1v) is 8.32. The Bertz CT molecular complexity index is 429. The number of hydrogen-bond acceptors (Lipinski definition) is 5. The number of aryl methyl sites for hydroxylation is 1. The average molecular weight is 291 g/mol. The van der Waals surface area contributed by atoms with Crippen molar-refractivity contribution in [2.75, 3.05) is 36.8 Å². The summed E-state index contributed by atoms with van der Waals surface area (Å²) >= 11 is 0. The molecule has 0 amide bonds. The van der Waals surface area contributed by atoms with Crippen LogP contribution in [0, 0.1) is 0 Å². The van der Waals surface area contributed by atoms with Crippen LogP contribution in [0.1, 0.15) is 45.9 Å². The van der Waals surface area contributed by atoms with E-state index in [0.29, 0.717) is 6.04 Å². The second-order valence-corrected chi connectivity index (χ2v) is 5.81. The second kappa shape index (κ2) is 8.17. The topological polar surface area (TPSA) is 53.1 Å². The van der Waals surface area contributed by atoms with E-state index in [0.717, 1.165) is 43.4 Å². The molecule has 2 rings (SSSR count). The van der Waals surface area contributed by atoms with Crippen LogP contribution in [0.15, 0.2) is 6.07 Å². The van der Waals surface area contributed by atoms with Gasteiger partial charge >= 0.3 is 0 Å². The molecular formula is C16H29N5. The molecule has 118 valence electrons. The molecule has 2 heterocycles. The van der Waals surface area contributed by atoms with Gasteiger partial charge in [-0.3, -0.25) is 4.90 Å². The van der Waals surface area contributed by atoms with Crippen molar-refractivity contribution in [2.24, 2.45) is 0 Å². The van der Waals surface area contributed by atoms with Gasteiger partial charge in [0.2, 0.25) is 0 Å². The van der Waals surface area contributed by atoms with Crippen LogP contribution in [-0.4, -0.2) is 47.1 Å². The van der Waals surface area contributed by atoms with Crippen molar-refractivity contribution in [1.82, 2.24) is 14.9 Å². The fraction of sp³-hybridized carbons (Fsp3) is 0.750. The lowest BCUT2D eigenvalue weighted by atomic mass is 10.3. The molecule has 1 atom stereocenters. The first-order chi connectivity index (χ1) is 10.2. The van der Waals surface area contributed by atoms with E-state index >= 15 is 0 Å². The van der Waals surface area contributed by atoms with Crippen molar-refractivity contribution in [3.63, 3.8) is 0 Å². The number of likely N-dealkylation sites (tertiary alicyclic amines) is 1. The molecule has 21 heavy (non-hydrogen) atoms. The van der Waals surface area contributed by atoms with Gasteiger partial charge < -0.3 is 10.6 Å². The van der Waals surface area contributed by atoms with E-state index < -0.39 is 0 Å². The second-order valence-electron chi connectivity index (χ2n) is 5.81. The van der Waals surface area contributed by atoms with E-state index in [1.165, 1.54) is 25.9 Å². The van der Waals surface area contributed by atoms with Crippen LogP contribution in [0.2, 0.25) is 0 Å². The van der Waals surface area contributed by atoms with Gasteiger partial charge in [-0.2, -0.15) is 0 Å². The Kier molecular flexibility index (Phi) is 6.23. The zero-order chi connectivity index (χ0) is 15.1. The molecule has 0 aliphatic carbocycles. The van der Waals surface area contributed by atoms with Crippen molar-refractivity contribution >= 4 is 11.6 Å². The fourth-order valence-corrected chi connectivity index (χ4v) is 2.65. The molecule has 0 spiro atoms. The summed E-state index contributed by atoms with van der Waals surface area (Å²) in [4.78, 5) is 11.6. The molecule has 0 saturated carbocycles. The van der Waals surface area contributed by atoms with Gasteiger partial charge in [-0.25, -0.2) is 9.97 Å². The van der Waals surface area contributed by atoms with E-state index in [-0.39, 0.29) is 0 Å². The lowest BCUT2D eigenvalue weighted by molar-refractivity contribution is 0.269. The predicted molar refractivity (Wildman–Crippen MR) is 88.9 cm³/mol. The zero-order valence-electron chi connectivity index (χ0n) is 13.7. The number of hydrogen-bond donors (Lipinski definition) is 2. The summed E-state index contributed by atoms with van der Waals surface area (Å²) in [7, 11) is 0. The summed E-state index contributed by atoms with van der Waals surface area (Å²) in [6.45, 7) is 10.9. The van der Waals surface area contributed by atoms with E-state index in [9.17, 15) is 0 Å². The summed E-state index contributed by atoms with van der Waals surface area (Å²) in [5.41, 5.74) is 0. The monoisotopic (exact) mass is 291 g/mol. The van der Waals surface area contributed by atoms with E-state index in [4.69, 9.17) is 0 Å². The van der Waals surface area contributed by atoms with Crippen LogP contribution in [0.3, 0.4) is 0 Å². The van der Waals surface area contributed by atoms with E-state index in [2.05, 4.69) is 46.3 Å². The molecule has 0 radical (unpaired) electrons. The Labute approximate surface area is 128 Å². The van der Waals surface area contributed by atoms with Crippen molar-refractivity contribution in [2.45, 2.75) is 52.5 Å². The molecule has 0 aromatic carbocycles. The van der Waals surface area contributed by atoms with Gasteiger partial charge in [0.05, 0.1) is 0 Å². The molecule has 1 fully saturated rings. The standard InChI is InChI=1S/C16H29N5/c1-4-8-17-15-11-16(20-14(5-2)19-15)18-12-13(3)21-9-6-7-10-21/h11,13H,4-10,12H2,1-3H3,(H2,17,18,19,20). The van der Waals surface area contributed by atoms with Gasteiger partial charge in [0.1, 0.15) is 17.5 Å². The maximum atomic E-state index is 4.58. The van der Waals surface area contributed by atoms with Crippen LogP contribution in [0.25, 0.3) is 0 Å². The normalized spacial score (nSPS) is 16.9. The third-order valence-corrected chi connectivity index (χ3v) is 3.99. The highest BCUT2D eigenvalue weighted by atomic mass is 15.2. The van der Waals surface area contributed by atoms with E-state index in [1.54, 1.807) is 0 Å². The largest absolute Gasteiger partial charge is 0.370 e. The average Bonchev–Trinajstić information content (AvgIpc) is 3.04. The van der Waals surface area contributed by atoms with Gasteiger partial charge in [0.25, 0.3) is 0 Å². The molecule has 5 heteroatoms. The van der Waals surface area contributed by atoms with Crippen LogP contribution in [-0.2, 0) is 6.42 Å². The minimum Gasteiger partial charge on any atom is -0.370 e. The number of rotatable bonds is 8. The Balaban J connectivity index is 1.94. The highest BCUT2D eigenvalue weighted by Gasteiger charge is 2.17. The lowest BCUT2D eigenvalue weighted by Gasteiger charge is -2.24. The summed E-state index contributed by atoms with van der Waals surface area (Å²) in [5.74, 6) is 2.76. The van der Waals surface area contributed by atoms with Gasteiger partial charge in [-0.15, -0.1) is 0 Å². The zero-order valence-corrected chi connectivity index (χ0v) is 13.7. The molecule has 1 aliphatic heterocycles. The molecule has 0 bridgehead atoms. The van der Waals surface area contributed by atoms with Crippen LogP contribution >= 0.6 is 0 Å². The maximum Gasteiger partial charge on any atom is 0.132 e. The SMILES string of the molecule is CCCNc1cc(NCC(C)N2CCCC2)nc(CC)n1. The smallest absolute Gasteiger partial charge is 0.132 e. The minimum atomic E-state index is 0.555. The molecule has 1 aromatic heterocycles. The molecule has 1 aromatic rings. The van der Waals surface area contributed by atoms with Gasteiger partial charge in [0.15, 0.2) is 0 Å². The Morgan fingerprint density at radius 3 is 2.43 bits per heavy atom. The quantitative estimate of drug-likeness (QED) is 0.771. The van der Waals surface area contributed by atoms with Crippen molar-refractivity contribution in [3.8, 4) is 0 Å². The van der Waals surface area contributed by atoms with Crippen molar-refractivity contribution in [1.29, 1.82) is 0 Å². The summed E-state index contributed by atoms with van der Waals surface area (Å²) in [6, 6.07) is 2.57. The first kappa shape index (κ1) is 16.0. The molecule has 1 saturated heterocycles. The molecule has 1 aliphatic rings. The van der Waals surface area contributed by atoms with Crippen LogP contribution < -0.4 is 10.6 Å². The highest BCUT2D eigenvalue weighted by molar-refractivity contribution is 5.47. The van der Waals surface area contributed by atoms with E-state index in [1.807, 2.05) is 6.07 Å². The van der Waals surface area contributed by atoms with Gasteiger partial charge in [-0.05, 0) is 39.3 Å². The van der Waals surface area contributed by atoms with Crippen LogP contribution in [0.5, 0.6) is 0 Å². The summed E-state index contributed by atoms with van der Waals surface area (Å²) in [5, 5.41) is 6.83. The number of nitrogens with zero attached hydrogens (tertiary/aromatic N) is 3. The molecule has 5 nitrogen and oxygen atoms in total. The molecule has 1 unspecified atom stereocenters. The fourth-order valence-electron chi connectivity index (χ4n) is 2.65. The first-order valence-electron chi connectivity index (χ1n) is 8.32.